The minimum Gasteiger partial charge on any atom is -0.322 e. The summed E-state index contributed by atoms with van der Waals surface area (Å²) in [4.78, 5) is 39.3. The summed E-state index contributed by atoms with van der Waals surface area (Å²) in [5, 5.41) is 5.26. The predicted molar refractivity (Wildman–Crippen MR) is 145 cm³/mol. The molecule has 4 rings (SSSR count). The van der Waals surface area contributed by atoms with Gasteiger partial charge in [-0.15, -0.1) is 11.8 Å². The van der Waals surface area contributed by atoms with Gasteiger partial charge in [0.15, 0.2) is 0 Å². The Kier molecular flexibility index (Phi) is 7.45. The minimum absolute atomic E-state index is 0.178. The van der Waals surface area contributed by atoms with Crippen LogP contribution in [0.2, 0.25) is 0 Å². The van der Waals surface area contributed by atoms with Gasteiger partial charge in [-0.2, -0.15) is 0 Å². The van der Waals surface area contributed by atoms with Crippen LogP contribution in [0, 0.1) is 13.8 Å². The summed E-state index contributed by atoms with van der Waals surface area (Å²) in [5.74, 6) is -0.440. The molecule has 2 amide bonds. The summed E-state index contributed by atoms with van der Waals surface area (Å²) in [7, 11) is 1.79. The van der Waals surface area contributed by atoms with E-state index >= 15 is 0 Å². The van der Waals surface area contributed by atoms with Gasteiger partial charge in [-0.3, -0.25) is 19.1 Å². The molecule has 0 spiro atoms. The number of benzene rings is 3. The number of amides is 2. The fourth-order valence-electron chi connectivity index (χ4n) is 3.72. The Bertz CT molecular complexity index is 1440. The van der Waals surface area contributed by atoms with Crippen LogP contribution in [0.15, 0.2) is 88.6 Å². The van der Waals surface area contributed by atoms with Crippen LogP contribution in [0.1, 0.15) is 28.5 Å². The van der Waals surface area contributed by atoms with Gasteiger partial charge in [-0.05, 0) is 69.3 Å². The van der Waals surface area contributed by atoms with Gasteiger partial charge in [0.2, 0.25) is 5.91 Å². The molecule has 0 aliphatic rings. The highest BCUT2D eigenvalue weighted by molar-refractivity contribution is 8.00. The molecule has 1 heterocycles. The lowest BCUT2D eigenvalue weighted by molar-refractivity contribution is -0.115. The normalized spacial score (nSPS) is 11.7. The number of carbonyl (C=O) groups excluding carboxylic acids is 2. The summed E-state index contributed by atoms with van der Waals surface area (Å²) in [6.45, 7) is 5.57. The van der Waals surface area contributed by atoms with E-state index in [0.29, 0.717) is 16.9 Å². The second kappa shape index (κ2) is 10.7. The number of anilines is 2. The van der Waals surface area contributed by atoms with Crippen LogP contribution in [0.5, 0.6) is 0 Å². The van der Waals surface area contributed by atoms with Crippen LogP contribution in [-0.4, -0.2) is 26.4 Å². The number of hydrogen-bond donors (Lipinski definition) is 2. The van der Waals surface area contributed by atoms with Crippen molar-refractivity contribution in [2.75, 3.05) is 10.6 Å². The van der Waals surface area contributed by atoms with Gasteiger partial charge in [-0.1, -0.05) is 35.9 Å². The molecule has 1 unspecified atom stereocenters. The molecule has 8 heteroatoms. The number of carbonyl (C=O) groups is 2. The Hall–Kier alpha value is -4.04. The van der Waals surface area contributed by atoms with Crippen LogP contribution < -0.4 is 16.2 Å². The van der Waals surface area contributed by atoms with Gasteiger partial charge in [-0.25, -0.2) is 4.68 Å². The molecule has 3 aromatic carbocycles. The van der Waals surface area contributed by atoms with Crippen LogP contribution in [0.25, 0.3) is 5.69 Å². The van der Waals surface area contributed by atoms with Crippen molar-refractivity contribution in [2.24, 2.45) is 7.05 Å². The average Bonchev–Trinajstić information content (AvgIpc) is 3.09. The monoisotopic (exact) mass is 500 g/mol. The number of aromatic nitrogens is 2. The van der Waals surface area contributed by atoms with E-state index in [1.807, 2.05) is 61.5 Å². The van der Waals surface area contributed by atoms with Crippen molar-refractivity contribution in [3.8, 4) is 5.69 Å². The summed E-state index contributed by atoms with van der Waals surface area (Å²) in [6, 6.07) is 24.0. The molecule has 4 aromatic rings. The molecule has 0 aliphatic carbocycles. The number of para-hydroxylation sites is 1. The summed E-state index contributed by atoms with van der Waals surface area (Å²) in [6.07, 6.45) is 0. The highest BCUT2D eigenvalue weighted by Gasteiger charge is 2.21. The standard InChI is InChI=1S/C28H28N4O3S/c1-18-10-12-21(13-11-18)27(34)29-22-14-16-24(17-15-22)36-20(3)26(33)30-25-19(2)31(4)32(28(25)35)23-8-6-5-7-9-23/h5-17,20H,1-4H3,(H,29,34)(H,30,33). The van der Waals surface area contributed by atoms with Crippen LogP contribution in [0.3, 0.4) is 0 Å². The second-order valence-corrected chi connectivity index (χ2v) is 9.94. The third kappa shape index (κ3) is 5.44. The van der Waals surface area contributed by atoms with Crippen LogP contribution >= 0.6 is 11.8 Å². The van der Waals surface area contributed by atoms with Gasteiger partial charge in [0.05, 0.1) is 16.6 Å². The molecule has 2 N–H and O–H groups in total. The summed E-state index contributed by atoms with van der Waals surface area (Å²) < 4.78 is 3.26. The minimum atomic E-state index is -0.442. The molecule has 1 atom stereocenters. The maximum Gasteiger partial charge on any atom is 0.295 e. The quantitative estimate of drug-likeness (QED) is 0.343. The number of nitrogens with zero attached hydrogens (tertiary/aromatic N) is 2. The van der Waals surface area contributed by atoms with E-state index in [4.69, 9.17) is 0 Å². The first-order valence-electron chi connectivity index (χ1n) is 11.5. The van der Waals surface area contributed by atoms with Crippen molar-refractivity contribution < 1.29 is 9.59 Å². The van der Waals surface area contributed by atoms with Gasteiger partial charge in [0.25, 0.3) is 11.5 Å². The van der Waals surface area contributed by atoms with Crippen LogP contribution in [0.4, 0.5) is 11.4 Å². The lowest BCUT2D eigenvalue weighted by Gasteiger charge is -2.12. The first kappa shape index (κ1) is 25.1. The maximum atomic E-state index is 13.1. The molecule has 1 aromatic heterocycles. The largest absolute Gasteiger partial charge is 0.322 e. The maximum absolute atomic E-state index is 13.1. The molecular formula is C28H28N4O3S. The molecule has 184 valence electrons. The number of nitrogens with one attached hydrogen (secondary N) is 2. The first-order chi connectivity index (χ1) is 17.2. The molecule has 0 bridgehead atoms. The van der Waals surface area contributed by atoms with Crippen molar-refractivity contribution in [1.82, 2.24) is 9.36 Å². The van der Waals surface area contributed by atoms with Gasteiger partial charge < -0.3 is 10.6 Å². The topological polar surface area (TPSA) is 85.1 Å². The summed E-state index contributed by atoms with van der Waals surface area (Å²) >= 11 is 1.38. The second-order valence-electron chi connectivity index (χ2n) is 8.53. The molecule has 7 nitrogen and oxygen atoms in total. The zero-order valence-corrected chi connectivity index (χ0v) is 21.4. The fourth-order valence-corrected chi connectivity index (χ4v) is 4.59. The average molecular weight is 501 g/mol. The SMILES string of the molecule is Cc1ccc(C(=O)Nc2ccc(SC(C)C(=O)Nc3c(C)n(C)n(-c4ccccc4)c3=O)cc2)cc1. The third-order valence-electron chi connectivity index (χ3n) is 5.91. The highest BCUT2D eigenvalue weighted by atomic mass is 32.2. The molecule has 36 heavy (non-hydrogen) atoms. The van der Waals surface area contributed by atoms with E-state index in [2.05, 4.69) is 10.6 Å². The van der Waals surface area contributed by atoms with Crippen molar-refractivity contribution in [2.45, 2.75) is 30.9 Å². The first-order valence-corrected chi connectivity index (χ1v) is 12.4. The Labute approximate surface area is 214 Å². The van der Waals surface area contributed by atoms with Gasteiger partial charge in [0.1, 0.15) is 5.69 Å². The lowest BCUT2D eigenvalue weighted by atomic mass is 10.1. The smallest absolute Gasteiger partial charge is 0.295 e. The van der Waals surface area contributed by atoms with Gasteiger partial charge in [0, 0.05) is 23.2 Å². The van der Waals surface area contributed by atoms with Gasteiger partial charge >= 0.3 is 0 Å². The lowest BCUT2D eigenvalue weighted by Crippen LogP contribution is -2.27. The van der Waals surface area contributed by atoms with E-state index in [0.717, 1.165) is 16.1 Å². The Balaban J connectivity index is 1.40. The van der Waals surface area contributed by atoms with E-state index < -0.39 is 5.25 Å². The van der Waals surface area contributed by atoms with Crippen molar-refractivity contribution in [3.05, 3.63) is 106 Å². The highest BCUT2D eigenvalue weighted by Crippen LogP contribution is 2.26. The zero-order valence-electron chi connectivity index (χ0n) is 20.6. The van der Waals surface area contributed by atoms with Crippen molar-refractivity contribution >= 4 is 35.0 Å². The predicted octanol–water partition coefficient (Wildman–Crippen LogP) is 5.16. The molecule has 0 fully saturated rings. The Morgan fingerprint density at radius 3 is 2.14 bits per heavy atom. The van der Waals surface area contributed by atoms with Crippen molar-refractivity contribution in [3.63, 3.8) is 0 Å². The molecule has 0 aliphatic heterocycles. The molecule has 0 saturated heterocycles. The van der Waals surface area contributed by atoms with E-state index in [1.165, 1.54) is 16.4 Å². The van der Waals surface area contributed by atoms with E-state index in [9.17, 15) is 14.4 Å². The Morgan fingerprint density at radius 2 is 1.50 bits per heavy atom. The summed E-state index contributed by atoms with van der Waals surface area (Å²) in [5.41, 5.74) is 3.74. The van der Waals surface area contributed by atoms with Crippen LogP contribution in [-0.2, 0) is 11.8 Å². The fraction of sp³-hybridized carbons (Fsp3) is 0.179. The van der Waals surface area contributed by atoms with E-state index in [-0.39, 0.29) is 23.1 Å². The molecule has 0 radical (unpaired) electrons. The third-order valence-corrected chi connectivity index (χ3v) is 7.02. The molecule has 0 saturated carbocycles. The number of aryl methyl sites for hydroxylation is 1. The zero-order chi connectivity index (χ0) is 25.8. The van der Waals surface area contributed by atoms with Crippen molar-refractivity contribution in [1.29, 1.82) is 0 Å². The molecular weight excluding hydrogens is 472 g/mol. The number of rotatable bonds is 7. The number of hydrogen-bond acceptors (Lipinski definition) is 4. The number of thioether (sulfide) groups is 1. The van der Waals surface area contributed by atoms with E-state index in [1.54, 1.807) is 49.8 Å². The Morgan fingerprint density at radius 1 is 0.861 bits per heavy atom.